The molecule has 0 amide bonds. The topological polar surface area (TPSA) is 46.6 Å². The molecule has 0 aliphatic heterocycles. The molecule has 4 nitrogen and oxygen atoms in total. The van der Waals surface area contributed by atoms with Crippen molar-refractivity contribution in [3.63, 3.8) is 0 Å². The van der Waals surface area contributed by atoms with Crippen molar-refractivity contribution in [2.75, 3.05) is 18.5 Å². The Hall–Kier alpha value is -1.14. The van der Waals surface area contributed by atoms with Gasteiger partial charge in [-0.3, -0.25) is 4.31 Å². The van der Waals surface area contributed by atoms with E-state index in [9.17, 15) is 8.42 Å². The highest BCUT2D eigenvalue weighted by Crippen LogP contribution is 2.39. The van der Waals surface area contributed by atoms with Crippen molar-refractivity contribution in [3.8, 4) is 5.75 Å². The number of hydrogen-bond donors (Lipinski definition) is 0. The first-order valence-electron chi connectivity index (χ1n) is 6.47. The zero-order chi connectivity index (χ0) is 17.4. The van der Waals surface area contributed by atoms with Crippen molar-refractivity contribution >= 4 is 50.5 Å². The lowest BCUT2D eigenvalue weighted by Gasteiger charge is -2.23. The van der Waals surface area contributed by atoms with Gasteiger partial charge in [-0.15, -0.1) is 0 Å². The molecular formula is C15H14Cl3NO3S. The summed E-state index contributed by atoms with van der Waals surface area (Å²) in [6.07, 6.45) is 0. The third-order valence-corrected chi connectivity index (χ3v) is 6.65. The SMILES string of the molecule is COc1ccc(S(=O)(=O)N(C)c2cccc(Cl)c2C)c(Cl)c1Cl. The van der Waals surface area contributed by atoms with Crippen LogP contribution in [0.4, 0.5) is 5.69 Å². The van der Waals surface area contributed by atoms with Gasteiger partial charge in [0.2, 0.25) is 0 Å². The van der Waals surface area contributed by atoms with Crippen LogP contribution in [-0.2, 0) is 10.0 Å². The molecule has 8 heteroatoms. The molecule has 0 heterocycles. The van der Waals surface area contributed by atoms with Crippen molar-refractivity contribution in [2.24, 2.45) is 0 Å². The van der Waals surface area contributed by atoms with Crippen molar-refractivity contribution in [1.82, 2.24) is 0 Å². The first kappa shape index (κ1) is 18.2. The fourth-order valence-corrected chi connectivity index (χ4v) is 4.32. The fraction of sp³-hybridized carbons (Fsp3) is 0.200. The summed E-state index contributed by atoms with van der Waals surface area (Å²) in [4.78, 5) is -0.105. The molecule has 2 rings (SSSR count). The Labute approximate surface area is 150 Å². The Morgan fingerprint density at radius 2 is 1.70 bits per heavy atom. The average molecular weight is 395 g/mol. The molecule has 0 bridgehead atoms. The smallest absolute Gasteiger partial charge is 0.265 e. The normalized spacial score (nSPS) is 11.4. The first-order valence-corrected chi connectivity index (χ1v) is 9.05. The van der Waals surface area contributed by atoms with Crippen LogP contribution in [0.1, 0.15) is 5.56 Å². The third kappa shape index (κ3) is 3.24. The molecule has 0 unspecified atom stereocenters. The second-order valence-corrected chi connectivity index (χ2v) is 7.85. The molecule has 0 saturated carbocycles. The minimum Gasteiger partial charge on any atom is -0.495 e. The fourth-order valence-electron chi connectivity index (χ4n) is 2.09. The number of anilines is 1. The standard InChI is InChI=1S/C15H14Cl3NO3S/c1-9-10(16)5-4-6-11(9)19(2)23(20,21)13-8-7-12(22-3)14(17)15(13)18/h4-8H,1-3H3. The number of benzene rings is 2. The monoisotopic (exact) mass is 393 g/mol. The molecule has 0 fully saturated rings. The van der Waals surface area contributed by atoms with Gasteiger partial charge in [0, 0.05) is 12.1 Å². The molecule has 23 heavy (non-hydrogen) atoms. The highest BCUT2D eigenvalue weighted by molar-refractivity contribution is 7.93. The summed E-state index contributed by atoms with van der Waals surface area (Å²) in [6.45, 7) is 1.74. The van der Waals surface area contributed by atoms with Gasteiger partial charge in [0.15, 0.2) is 0 Å². The molecule has 124 valence electrons. The predicted octanol–water partition coefficient (Wildman–Crippen LogP) is 4.79. The summed E-state index contributed by atoms with van der Waals surface area (Å²) in [5, 5.41) is 0.437. The Balaban J connectivity index is 2.59. The van der Waals surface area contributed by atoms with Crippen LogP contribution in [0, 0.1) is 6.92 Å². The minimum absolute atomic E-state index is 0.0476. The highest BCUT2D eigenvalue weighted by atomic mass is 35.5. The zero-order valence-electron chi connectivity index (χ0n) is 12.6. The molecule has 0 aromatic heterocycles. The summed E-state index contributed by atoms with van der Waals surface area (Å²) in [5.41, 5.74) is 1.11. The minimum atomic E-state index is -3.91. The summed E-state index contributed by atoms with van der Waals surface area (Å²) in [5.74, 6) is 0.303. The highest BCUT2D eigenvalue weighted by Gasteiger charge is 2.27. The summed E-state index contributed by atoms with van der Waals surface area (Å²) in [6, 6.07) is 7.85. The number of sulfonamides is 1. The van der Waals surface area contributed by atoms with Crippen LogP contribution in [0.3, 0.4) is 0 Å². The number of methoxy groups -OCH3 is 1. The number of rotatable bonds is 4. The Kier molecular flexibility index (Phi) is 5.36. The van der Waals surface area contributed by atoms with Crippen LogP contribution in [0.5, 0.6) is 5.75 Å². The molecule has 0 N–H and O–H groups in total. The summed E-state index contributed by atoms with van der Waals surface area (Å²) >= 11 is 18.2. The van der Waals surface area contributed by atoms with Crippen LogP contribution >= 0.6 is 34.8 Å². The lowest BCUT2D eigenvalue weighted by atomic mass is 10.2. The van der Waals surface area contributed by atoms with Crippen molar-refractivity contribution in [2.45, 2.75) is 11.8 Å². The third-order valence-electron chi connectivity index (χ3n) is 3.45. The van der Waals surface area contributed by atoms with Gasteiger partial charge in [0.25, 0.3) is 10.0 Å². The molecule has 2 aromatic rings. The van der Waals surface area contributed by atoms with Crippen molar-refractivity contribution in [1.29, 1.82) is 0 Å². The van der Waals surface area contributed by atoms with E-state index in [-0.39, 0.29) is 14.9 Å². The van der Waals surface area contributed by atoms with Crippen LogP contribution in [-0.4, -0.2) is 22.6 Å². The van der Waals surface area contributed by atoms with Crippen molar-refractivity contribution < 1.29 is 13.2 Å². The first-order chi connectivity index (χ1) is 10.7. The maximum atomic E-state index is 12.9. The van der Waals surface area contributed by atoms with Gasteiger partial charge < -0.3 is 4.74 Å². The molecular weight excluding hydrogens is 381 g/mol. The molecule has 0 atom stereocenters. The molecule has 0 aliphatic rings. The van der Waals surface area contributed by atoms with Gasteiger partial charge in [-0.1, -0.05) is 40.9 Å². The van der Waals surface area contributed by atoms with Gasteiger partial charge in [-0.05, 0) is 36.8 Å². The second-order valence-electron chi connectivity index (χ2n) is 4.75. The van der Waals surface area contributed by atoms with E-state index in [0.717, 1.165) is 4.31 Å². The average Bonchev–Trinajstić information content (AvgIpc) is 2.51. The van der Waals surface area contributed by atoms with E-state index in [0.29, 0.717) is 22.0 Å². The quantitative estimate of drug-likeness (QED) is 0.749. The zero-order valence-corrected chi connectivity index (χ0v) is 15.7. The molecule has 0 spiro atoms. The van der Waals surface area contributed by atoms with Crippen LogP contribution < -0.4 is 9.04 Å². The number of halogens is 3. The van der Waals surface area contributed by atoms with Crippen LogP contribution in [0.15, 0.2) is 35.2 Å². The lowest BCUT2D eigenvalue weighted by Crippen LogP contribution is -2.27. The molecule has 0 saturated heterocycles. The van der Waals surface area contributed by atoms with Crippen LogP contribution in [0.2, 0.25) is 15.1 Å². The van der Waals surface area contributed by atoms with Gasteiger partial charge in [0.1, 0.15) is 15.7 Å². The maximum Gasteiger partial charge on any atom is 0.265 e. The molecule has 0 radical (unpaired) electrons. The Bertz CT molecular complexity index is 853. The Morgan fingerprint density at radius 3 is 2.30 bits per heavy atom. The number of ether oxygens (including phenoxy) is 1. The van der Waals surface area contributed by atoms with E-state index in [1.165, 1.54) is 26.3 Å². The van der Waals surface area contributed by atoms with Crippen LogP contribution in [0.25, 0.3) is 0 Å². The van der Waals surface area contributed by atoms with Gasteiger partial charge in [-0.2, -0.15) is 0 Å². The maximum absolute atomic E-state index is 12.9. The van der Waals surface area contributed by atoms with E-state index in [2.05, 4.69) is 0 Å². The van der Waals surface area contributed by atoms with Gasteiger partial charge in [0.05, 0.1) is 17.8 Å². The summed E-state index contributed by atoms with van der Waals surface area (Å²) in [7, 11) is -1.05. The van der Waals surface area contributed by atoms with Gasteiger partial charge >= 0.3 is 0 Å². The van der Waals surface area contributed by atoms with E-state index < -0.39 is 10.0 Å². The molecule has 0 aliphatic carbocycles. The molecule has 2 aromatic carbocycles. The number of hydrogen-bond acceptors (Lipinski definition) is 3. The summed E-state index contributed by atoms with van der Waals surface area (Å²) < 4.78 is 31.9. The largest absolute Gasteiger partial charge is 0.495 e. The Morgan fingerprint density at radius 1 is 1.04 bits per heavy atom. The number of nitrogens with zero attached hydrogens (tertiary/aromatic N) is 1. The van der Waals surface area contributed by atoms with E-state index in [4.69, 9.17) is 39.5 Å². The van der Waals surface area contributed by atoms with E-state index in [1.807, 2.05) is 0 Å². The van der Waals surface area contributed by atoms with E-state index in [1.54, 1.807) is 25.1 Å². The predicted molar refractivity (Wildman–Crippen MR) is 94.8 cm³/mol. The van der Waals surface area contributed by atoms with Crippen molar-refractivity contribution in [3.05, 3.63) is 51.0 Å². The second kappa shape index (κ2) is 6.77. The lowest BCUT2D eigenvalue weighted by molar-refractivity contribution is 0.414. The van der Waals surface area contributed by atoms with Gasteiger partial charge in [-0.25, -0.2) is 8.42 Å². The van der Waals surface area contributed by atoms with E-state index >= 15 is 0 Å².